The lowest BCUT2D eigenvalue weighted by Gasteiger charge is -2.16. The Hall–Kier alpha value is -1.55. The molecule has 0 amide bonds. The van der Waals surface area contributed by atoms with Gasteiger partial charge < -0.3 is 16.3 Å². The van der Waals surface area contributed by atoms with Gasteiger partial charge in [-0.1, -0.05) is 30.6 Å². The fourth-order valence-electron chi connectivity index (χ4n) is 2.80. The van der Waals surface area contributed by atoms with Gasteiger partial charge in [0.2, 0.25) is 0 Å². The summed E-state index contributed by atoms with van der Waals surface area (Å²) in [5, 5.41) is 15.3. The van der Waals surface area contributed by atoms with Crippen LogP contribution in [0.1, 0.15) is 49.3 Å². The molecule has 4 heteroatoms. The van der Waals surface area contributed by atoms with Crippen LogP contribution in [0.4, 0.5) is 0 Å². The maximum atomic E-state index is 8.69. The number of benzene rings is 1. The van der Waals surface area contributed by atoms with Gasteiger partial charge in [0.15, 0.2) is 5.84 Å². The lowest BCUT2D eigenvalue weighted by molar-refractivity contribution is 0.318. The molecule has 0 unspecified atom stereocenters. The van der Waals surface area contributed by atoms with Crippen molar-refractivity contribution in [1.82, 2.24) is 5.32 Å². The summed E-state index contributed by atoms with van der Waals surface area (Å²) in [4.78, 5) is 0. The van der Waals surface area contributed by atoms with Gasteiger partial charge in [-0.2, -0.15) is 0 Å². The molecule has 4 nitrogen and oxygen atoms in total. The molecule has 2 rings (SSSR count). The zero-order chi connectivity index (χ0) is 14.6. The molecule has 1 aromatic carbocycles. The van der Waals surface area contributed by atoms with E-state index in [4.69, 9.17) is 10.9 Å². The highest BCUT2D eigenvalue weighted by atomic mass is 16.4. The van der Waals surface area contributed by atoms with E-state index in [1.165, 1.54) is 36.8 Å². The van der Waals surface area contributed by atoms with Gasteiger partial charge in [0.25, 0.3) is 0 Å². The molecule has 1 aliphatic carbocycles. The number of nitrogens with one attached hydrogen (secondary N) is 1. The molecule has 0 atom stereocenters. The summed E-state index contributed by atoms with van der Waals surface area (Å²) >= 11 is 0. The number of amidine groups is 1. The number of nitrogens with two attached hydrogens (primary N) is 1. The van der Waals surface area contributed by atoms with E-state index in [0.29, 0.717) is 5.41 Å². The van der Waals surface area contributed by atoms with Crippen molar-refractivity contribution in [2.75, 3.05) is 6.54 Å². The average molecular weight is 275 g/mol. The minimum absolute atomic E-state index is 0.160. The molecule has 0 heterocycles. The van der Waals surface area contributed by atoms with Crippen molar-refractivity contribution < 1.29 is 5.21 Å². The molecular formula is C16H25N3O. The standard InChI is InChI=1S/C16H25N3O/c1-3-6-16(7-8-16)11-18-10-14-5-4-13(9-12(14)2)15(17)19-20/h4-5,9,18,20H,3,6-8,10-11H2,1-2H3,(H2,17,19). The van der Waals surface area contributed by atoms with Crippen molar-refractivity contribution >= 4 is 5.84 Å². The molecule has 0 spiro atoms. The maximum absolute atomic E-state index is 8.69. The van der Waals surface area contributed by atoms with Gasteiger partial charge in [0.05, 0.1) is 0 Å². The molecule has 0 radical (unpaired) electrons. The normalized spacial score (nSPS) is 17.2. The largest absolute Gasteiger partial charge is 0.409 e. The predicted molar refractivity (Wildman–Crippen MR) is 82.0 cm³/mol. The second kappa shape index (κ2) is 6.27. The van der Waals surface area contributed by atoms with E-state index in [2.05, 4.69) is 30.4 Å². The number of aryl methyl sites for hydroxylation is 1. The van der Waals surface area contributed by atoms with Crippen molar-refractivity contribution in [3.8, 4) is 0 Å². The highest BCUT2D eigenvalue weighted by Crippen LogP contribution is 2.48. The summed E-state index contributed by atoms with van der Waals surface area (Å²) in [7, 11) is 0. The van der Waals surface area contributed by atoms with Gasteiger partial charge in [-0.05, 0) is 48.8 Å². The van der Waals surface area contributed by atoms with Crippen LogP contribution in [0.15, 0.2) is 23.4 Å². The minimum atomic E-state index is 0.160. The number of hydrogen-bond donors (Lipinski definition) is 3. The fourth-order valence-corrected chi connectivity index (χ4v) is 2.80. The van der Waals surface area contributed by atoms with E-state index in [1.54, 1.807) is 0 Å². The second-order valence-electron chi connectivity index (χ2n) is 5.98. The van der Waals surface area contributed by atoms with Crippen LogP contribution in [0.2, 0.25) is 0 Å². The molecule has 1 aromatic rings. The van der Waals surface area contributed by atoms with Crippen molar-refractivity contribution in [3.05, 3.63) is 34.9 Å². The molecule has 0 bridgehead atoms. The van der Waals surface area contributed by atoms with Crippen LogP contribution < -0.4 is 11.1 Å². The van der Waals surface area contributed by atoms with Crippen LogP contribution in [-0.2, 0) is 6.54 Å². The first-order valence-electron chi connectivity index (χ1n) is 7.38. The first-order valence-corrected chi connectivity index (χ1v) is 7.38. The topological polar surface area (TPSA) is 70.6 Å². The van der Waals surface area contributed by atoms with Crippen LogP contribution in [0.5, 0.6) is 0 Å². The van der Waals surface area contributed by atoms with E-state index in [0.717, 1.165) is 18.7 Å². The third kappa shape index (κ3) is 3.51. The minimum Gasteiger partial charge on any atom is -0.409 e. The van der Waals surface area contributed by atoms with E-state index in [9.17, 15) is 0 Å². The van der Waals surface area contributed by atoms with E-state index < -0.39 is 0 Å². The fraction of sp³-hybridized carbons (Fsp3) is 0.562. The lowest BCUT2D eigenvalue weighted by atomic mass is 10.00. The lowest BCUT2D eigenvalue weighted by Crippen LogP contribution is -2.24. The summed E-state index contributed by atoms with van der Waals surface area (Å²) in [6.45, 7) is 6.32. The first kappa shape index (κ1) is 14.9. The number of oxime groups is 1. The average Bonchev–Trinajstić information content (AvgIpc) is 3.20. The van der Waals surface area contributed by atoms with Gasteiger partial charge >= 0.3 is 0 Å². The smallest absolute Gasteiger partial charge is 0.170 e. The van der Waals surface area contributed by atoms with Gasteiger partial charge in [0, 0.05) is 18.7 Å². The molecule has 4 N–H and O–H groups in total. The third-order valence-electron chi connectivity index (χ3n) is 4.30. The van der Waals surface area contributed by atoms with Crippen molar-refractivity contribution in [1.29, 1.82) is 0 Å². The summed E-state index contributed by atoms with van der Waals surface area (Å²) in [6.07, 6.45) is 5.35. The van der Waals surface area contributed by atoms with Crippen LogP contribution in [0.25, 0.3) is 0 Å². The Labute approximate surface area is 121 Å². The highest BCUT2D eigenvalue weighted by Gasteiger charge is 2.40. The summed E-state index contributed by atoms with van der Waals surface area (Å²) in [5.74, 6) is 0.160. The third-order valence-corrected chi connectivity index (χ3v) is 4.30. The molecule has 110 valence electrons. The van der Waals surface area contributed by atoms with E-state index in [1.807, 2.05) is 12.1 Å². The number of rotatable bonds is 7. The molecular weight excluding hydrogens is 250 g/mol. The molecule has 1 aliphatic rings. The molecule has 1 saturated carbocycles. The summed E-state index contributed by atoms with van der Waals surface area (Å²) in [5.41, 5.74) is 9.38. The molecule has 0 aromatic heterocycles. The SMILES string of the molecule is CCCC1(CNCc2ccc(/C(N)=N/O)cc2C)CC1. The summed E-state index contributed by atoms with van der Waals surface area (Å²) in [6, 6.07) is 5.91. The summed E-state index contributed by atoms with van der Waals surface area (Å²) < 4.78 is 0. The van der Waals surface area contributed by atoms with Gasteiger partial charge in [-0.25, -0.2) is 0 Å². The quantitative estimate of drug-likeness (QED) is 0.310. The second-order valence-corrected chi connectivity index (χ2v) is 5.98. The maximum Gasteiger partial charge on any atom is 0.170 e. The monoisotopic (exact) mass is 275 g/mol. The predicted octanol–water partition coefficient (Wildman–Crippen LogP) is 2.76. The van der Waals surface area contributed by atoms with Crippen molar-refractivity contribution in [2.24, 2.45) is 16.3 Å². The zero-order valence-electron chi connectivity index (χ0n) is 12.4. The highest BCUT2D eigenvalue weighted by molar-refractivity contribution is 5.97. The van der Waals surface area contributed by atoms with Crippen molar-refractivity contribution in [2.45, 2.75) is 46.1 Å². The van der Waals surface area contributed by atoms with E-state index >= 15 is 0 Å². The Bertz CT molecular complexity index is 492. The van der Waals surface area contributed by atoms with Gasteiger partial charge in [-0.15, -0.1) is 0 Å². The Morgan fingerprint density at radius 1 is 1.45 bits per heavy atom. The number of hydrogen-bond acceptors (Lipinski definition) is 3. The van der Waals surface area contributed by atoms with Gasteiger partial charge in [0.1, 0.15) is 0 Å². The molecule has 1 fully saturated rings. The van der Waals surface area contributed by atoms with Crippen LogP contribution in [0.3, 0.4) is 0 Å². The number of nitrogens with zero attached hydrogens (tertiary/aromatic N) is 1. The first-order chi connectivity index (χ1) is 9.60. The van der Waals surface area contributed by atoms with Crippen LogP contribution in [0, 0.1) is 12.3 Å². The molecule has 20 heavy (non-hydrogen) atoms. The van der Waals surface area contributed by atoms with Crippen LogP contribution >= 0.6 is 0 Å². The van der Waals surface area contributed by atoms with Crippen LogP contribution in [-0.4, -0.2) is 17.6 Å². The Kier molecular flexibility index (Phi) is 4.65. The molecule has 0 aliphatic heterocycles. The van der Waals surface area contributed by atoms with Gasteiger partial charge in [-0.3, -0.25) is 0 Å². The Balaban J connectivity index is 1.90. The van der Waals surface area contributed by atoms with Crippen molar-refractivity contribution in [3.63, 3.8) is 0 Å². The zero-order valence-corrected chi connectivity index (χ0v) is 12.4. The Morgan fingerprint density at radius 2 is 2.20 bits per heavy atom. The van der Waals surface area contributed by atoms with E-state index in [-0.39, 0.29) is 5.84 Å². The molecule has 0 saturated heterocycles. The Morgan fingerprint density at radius 3 is 2.75 bits per heavy atom.